The van der Waals surface area contributed by atoms with Gasteiger partial charge in [0.1, 0.15) is 5.56 Å². The summed E-state index contributed by atoms with van der Waals surface area (Å²) < 4.78 is 1.87. The monoisotopic (exact) mass is 458 g/mol. The minimum Gasteiger partial charge on any atom is -0.365 e. The fourth-order valence-corrected chi connectivity index (χ4v) is 5.22. The van der Waals surface area contributed by atoms with Crippen molar-refractivity contribution in [3.8, 4) is 5.69 Å². The van der Waals surface area contributed by atoms with E-state index in [2.05, 4.69) is 30.7 Å². The summed E-state index contributed by atoms with van der Waals surface area (Å²) in [5.41, 5.74) is 8.33. The number of carbonyl (C=O) groups excluding carboxylic acids is 1. The Morgan fingerprint density at radius 2 is 2.06 bits per heavy atom. The van der Waals surface area contributed by atoms with Crippen molar-refractivity contribution in [2.45, 2.75) is 19.3 Å². The maximum atomic E-state index is 12.5. The number of aromatic nitrogens is 6. The average Bonchev–Trinajstić information content (AvgIpc) is 3.61. The van der Waals surface area contributed by atoms with Crippen molar-refractivity contribution in [1.82, 2.24) is 34.7 Å². The van der Waals surface area contributed by atoms with Gasteiger partial charge in [-0.1, -0.05) is 6.07 Å². The third-order valence-electron chi connectivity index (χ3n) is 6.81. The van der Waals surface area contributed by atoms with Gasteiger partial charge in [0.15, 0.2) is 11.5 Å². The standard InChI is InChI=1S/C23H26N10O/c24-19(34)18-20(29-16-3-1-4-17(13-16)33-27-8-9-28-33)30-22(32-12-10-26-21(18)32)31-11-2-5-23(15-31)6-7-25-14-23/h1,3-4,8-10,12-13,25,29H,2,5-7,11,14-15H2,(H2,24,34). The van der Waals surface area contributed by atoms with E-state index >= 15 is 0 Å². The Balaban J connectivity index is 1.42. The summed E-state index contributed by atoms with van der Waals surface area (Å²) in [6.45, 7) is 3.89. The summed E-state index contributed by atoms with van der Waals surface area (Å²) in [6, 6.07) is 7.58. The van der Waals surface area contributed by atoms with E-state index in [1.165, 1.54) is 11.2 Å². The van der Waals surface area contributed by atoms with Gasteiger partial charge in [-0.05, 0) is 44.0 Å². The maximum Gasteiger partial charge on any atom is 0.256 e. The molecule has 2 fully saturated rings. The molecule has 1 aromatic carbocycles. The van der Waals surface area contributed by atoms with Crippen LogP contribution in [0.25, 0.3) is 11.3 Å². The lowest BCUT2D eigenvalue weighted by Crippen LogP contribution is -2.45. The second kappa shape index (κ2) is 8.10. The van der Waals surface area contributed by atoms with Gasteiger partial charge in [-0.3, -0.25) is 9.20 Å². The minimum absolute atomic E-state index is 0.255. The number of imidazole rings is 1. The second-order valence-corrected chi connectivity index (χ2v) is 9.07. The van der Waals surface area contributed by atoms with Crippen LogP contribution >= 0.6 is 0 Å². The molecule has 11 nitrogen and oxygen atoms in total. The normalized spacial score (nSPS) is 20.3. The van der Waals surface area contributed by atoms with Gasteiger partial charge in [-0.25, -0.2) is 4.98 Å². The maximum absolute atomic E-state index is 12.5. The number of anilines is 3. The van der Waals surface area contributed by atoms with Crippen molar-refractivity contribution >= 4 is 29.0 Å². The van der Waals surface area contributed by atoms with E-state index in [-0.39, 0.29) is 11.0 Å². The van der Waals surface area contributed by atoms with Crippen LogP contribution in [0.5, 0.6) is 0 Å². The van der Waals surface area contributed by atoms with Gasteiger partial charge in [0.2, 0.25) is 5.95 Å². The lowest BCUT2D eigenvalue weighted by molar-refractivity contribution is 0.100. The number of primary amides is 1. The predicted molar refractivity (Wildman–Crippen MR) is 128 cm³/mol. The molecule has 1 atom stereocenters. The van der Waals surface area contributed by atoms with Gasteiger partial charge in [-0.15, -0.1) is 0 Å². The highest BCUT2D eigenvalue weighted by molar-refractivity contribution is 6.04. The smallest absolute Gasteiger partial charge is 0.256 e. The number of nitrogens with one attached hydrogen (secondary N) is 2. The van der Waals surface area contributed by atoms with Gasteiger partial charge in [0, 0.05) is 43.1 Å². The average molecular weight is 459 g/mol. The number of nitrogens with zero attached hydrogens (tertiary/aromatic N) is 7. The summed E-state index contributed by atoms with van der Waals surface area (Å²) in [4.78, 5) is 25.8. The quantitative estimate of drug-likeness (QED) is 0.412. The van der Waals surface area contributed by atoms with E-state index in [1.54, 1.807) is 18.6 Å². The zero-order valence-electron chi connectivity index (χ0n) is 18.7. The topological polar surface area (TPSA) is 131 Å². The molecule has 2 aliphatic heterocycles. The first kappa shape index (κ1) is 20.6. The first-order chi connectivity index (χ1) is 16.6. The van der Waals surface area contributed by atoms with Crippen molar-refractivity contribution in [3.05, 3.63) is 54.6 Å². The molecule has 0 radical (unpaired) electrons. The van der Waals surface area contributed by atoms with Crippen LogP contribution in [0.15, 0.2) is 49.1 Å². The van der Waals surface area contributed by atoms with Crippen LogP contribution in [0.3, 0.4) is 0 Å². The summed E-state index contributed by atoms with van der Waals surface area (Å²) >= 11 is 0. The first-order valence-electron chi connectivity index (χ1n) is 11.5. The molecule has 174 valence electrons. The van der Waals surface area contributed by atoms with Gasteiger partial charge in [0.25, 0.3) is 5.91 Å². The summed E-state index contributed by atoms with van der Waals surface area (Å²) in [6.07, 6.45) is 10.2. The molecule has 2 saturated heterocycles. The Morgan fingerprint density at radius 1 is 1.18 bits per heavy atom. The Bertz CT molecular complexity index is 1340. The molecular formula is C23H26N10O. The molecule has 1 unspecified atom stereocenters. The SMILES string of the molecule is NC(=O)c1c(Nc2cccc(-n3nccn3)c2)nc(N2CCCC3(CCNC3)C2)n2ccnc12. The van der Waals surface area contributed by atoms with Crippen LogP contribution < -0.4 is 21.3 Å². The van der Waals surface area contributed by atoms with Crippen molar-refractivity contribution in [2.75, 3.05) is 36.4 Å². The van der Waals surface area contributed by atoms with Crippen molar-refractivity contribution in [3.63, 3.8) is 0 Å². The molecule has 11 heteroatoms. The van der Waals surface area contributed by atoms with Crippen LogP contribution in [0.1, 0.15) is 29.6 Å². The molecule has 0 saturated carbocycles. The molecule has 6 rings (SSSR count). The van der Waals surface area contributed by atoms with Gasteiger partial charge in [-0.2, -0.15) is 20.0 Å². The molecule has 0 bridgehead atoms. The zero-order chi connectivity index (χ0) is 23.1. The summed E-state index contributed by atoms with van der Waals surface area (Å²) in [5, 5.41) is 15.2. The molecule has 1 spiro atoms. The second-order valence-electron chi connectivity index (χ2n) is 9.07. The number of benzene rings is 1. The van der Waals surface area contributed by atoms with Crippen LogP contribution in [0, 0.1) is 5.41 Å². The number of piperidine rings is 1. The van der Waals surface area contributed by atoms with Crippen molar-refractivity contribution in [1.29, 1.82) is 0 Å². The van der Waals surface area contributed by atoms with Gasteiger partial charge in [0.05, 0.1) is 18.1 Å². The molecule has 5 heterocycles. The molecule has 1 amide bonds. The predicted octanol–water partition coefficient (Wildman–Crippen LogP) is 1.73. The third kappa shape index (κ3) is 3.54. The number of rotatable bonds is 5. The Labute approximate surface area is 196 Å². The van der Waals surface area contributed by atoms with Gasteiger partial charge >= 0.3 is 0 Å². The van der Waals surface area contributed by atoms with Gasteiger partial charge < -0.3 is 21.3 Å². The van der Waals surface area contributed by atoms with E-state index in [9.17, 15) is 4.79 Å². The number of amides is 1. The number of hydrogen-bond acceptors (Lipinski definition) is 8. The molecular weight excluding hydrogens is 432 g/mol. The van der Waals surface area contributed by atoms with Crippen molar-refractivity contribution in [2.24, 2.45) is 11.1 Å². The highest BCUT2D eigenvalue weighted by Crippen LogP contribution is 2.38. The lowest BCUT2D eigenvalue weighted by atomic mass is 9.79. The number of carbonyl (C=O) groups is 1. The molecule has 4 N–H and O–H groups in total. The van der Waals surface area contributed by atoms with Crippen LogP contribution in [0.4, 0.5) is 17.5 Å². The molecule has 3 aromatic heterocycles. The minimum atomic E-state index is -0.585. The first-order valence-corrected chi connectivity index (χ1v) is 11.5. The lowest BCUT2D eigenvalue weighted by Gasteiger charge is -2.40. The summed E-state index contributed by atoms with van der Waals surface area (Å²) in [7, 11) is 0. The largest absolute Gasteiger partial charge is 0.365 e. The van der Waals surface area contributed by atoms with E-state index in [0.717, 1.165) is 56.3 Å². The van der Waals surface area contributed by atoms with E-state index in [1.807, 2.05) is 34.9 Å². The highest BCUT2D eigenvalue weighted by atomic mass is 16.1. The van der Waals surface area contributed by atoms with Crippen LogP contribution in [-0.2, 0) is 0 Å². The Hall–Kier alpha value is -3.99. The van der Waals surface area contributed by atoms with E-state index in [4.69, 9.17) is 10.7 Å². The Morgan fingerprint density at radius 3 is 2.85 bits per heavy atom. The zero-order valence-corrected chi connectivity index (χ0v) is 18.7. The fourth-order valence-electron chi connectivity index (χ4n) is 5.22. The van der Waals surface area contributed by atoms with Crippen LogP contribution in [0.2, 0.25) is 0 Å². The fraction of sp³-hybridized carbons (Fsp3) is 0.348. The van der Waals surface area contributed by atoms with Crippen molar-refractivity contribution < 1.29 is 4.79 Å². The number of nitrogens with two attached hydrogens (primary N) is 1. The summed E-state index contributed by atoms with van der Waals surface area (Å²) in [5.74, 6) is 0.560. The van der Waals surface area contributed by atoms with E-state index < -0.39 is 5.91 Å². The Kier molecular flexibility index (Phi) is 4.91. The molecule has 0 aliphatic carbocycles. The number of fused-ring (bicyclic) bond motifs is 1. The van der Waals surface area contributed by atoms with E-state index in [0.29, 0.717) is 11.5 Å². The number of hydrogen-bond donors (Lipinski definition) is 3. The van der Waals surface area contributed by atoms with Crippen LogP contribution in [-0.4, -0.2) is 61.4 Å². The third-order valence-corrected chi connectivity index (χ3v) is 6.81. The molecule has 4 aromatic rings. The highest BCUT2D eigenvalue weighted by Gasteiger charge is 2.39. The molecule has 2 aliphatic rings. The molecule has 34 heavy (non-hydrogen) atoms.